The summed E-state index contributed by atoms with van der Waals surface area (Å²) in [7, 11) is 3.43. The fourth-order valence-corrected chi connectivity index (χ4v) is 5.16. The number of benzene rings is 2. The zero-order valence-electron chi connectivity index (χ0n) is 22.1. The van der Waals surface area contributed by atoms with E-state index >= 15 is 0 Å². The number of nitrogens with one attached hydrogen (secondary N) is 1. The number of carbonyl (C=O) groups is 1. The van der Waals surface area contributed by atoms with Gasteiger partial charge >= 0.3 is 0 Å². The van der Waals surface area contributed by atoms with Crippen molar-refractivity contribution in [2.45, 2.75) is 32.0 Å². The van der Waals surface area contributed by atoms with Gasteiger partial charge in [-0.3, -0.25) is 4.79 Å². The number of hydrogen-bond acceptors (Lipinski definition) is 10. The summed E-state index contributed by atoms with van der Waals surface area (Å²) >= 11 is 0. The van der Waals surface area contributed by atoms with E-state index in [0.29, 0.717) is 36.4 Å². The molecule has 0 radical (unpaired) electrons. The van der Waals surface area contributed by atoms with Gasteiger partial charge in [0.05, 0.1) is 32.0 Å². The number of carbonyl (C=O) groups excluding carboxylic acids is 1. The van der Waals surface area contributed by atoms with Gasteiger partial charge in [-0.25, -0.2) is 4.98 Å². The first-order valence-corrected chi connectivity index (χ1v) is 13.1. The molecule has 0 atom stereocenters. The van der Waals surface area contributed by atoms with Crippen molar-refractivity contribution in [3.05, 3.63) is 53.7 Å². The molecule has 11 heteroatoms. The van der Waals surface area contributed by atoms with Crippen molar-refractivity contribution in [2.24, 2.45) is 0 Å². The van der Waals surface area contributed by atoms with Crippen LogP contribution < -0.4 is 29.3 Å². The first-order chi connectivity index (χ1) is 19.0. The Labute approximate surface area is 226 Å². The summed E-state index contributed by atoms with van der Waals surface area (Å²) in [6, 6.07) is 11.8. The lowest BCUT2D eigenvalue weighted by Gasteiger charge is -2.31. The molecule has 0 saturated carbocycles. The summed E-state index contributed by atoms with van der Waals surface area (Å²) < 4.78 is 16.7. The number of rotatable bonds is 6. The number of aliphatic hydroxyl groups excluding tert-OH is 1. The van der Waals surface area contributed by atoms with Crippen molar-refractivity contribution in [1.82, 2.24) is 14.9 Å². The number of hydrogen-bond donors (Lipinski definition) is 2. The van der Waals surface area contributed by atoms with Gasteiger partial charge in [-0.15, -0.1) is 0 Å². The summed E-state index contributed by atoms with van der Waals surface area (Å²) in [5.41, 5.74) is 3.63. The van der Waals surface area contributed by atoms with Crippen molar-refractivity contribution >= 4 is 29.0 Å². The molecule has 1 saturated heterocycles. The molecule has 39 heavy (non-hydrogen) atoms. The molecule has 1 fully saturated rings. The molecule has 4 heterocycles. The zero-order chi connectivity index (χ0) is 26.9. The first kappa shape index (κ1) is 25.1. The number of likely N-dealkylation sites (N-methyl/N-ethyl adjacent to an activating group) is 1. The average molecular weight is 533 g/mol. The molecular formula is C28H32N6O5. The van der Waals surface area contributed by atoms with E-state index in [1.165, 1.54) is 0 Å². The van der Waals surface area contributed by atoms with Gasteiger partial charge < -0.3 is 39.3 Å². The van der Waals surface area contributed by atoms with Crippen molar-refractivity contribution in [3.8, 4) is 17.2 Å². The van der Waals surface area contributed by atoms with E-state index in [4.69, 9.17) is 19.2 Å². The number of nitrogens with zero attached hydrogens (tertiary/aromatic N) is 5. The van der Waals surface area contributed by atoms with Crippen LogP contribution in [0.2, 0.25) is 0 Å². The number of piperidine rings is 1. The van der Waals surface area contributed by atoms with Crippen LogP contribution in [0.4, 0.5) is 23.1 Å². The molecule has 3 aromatic rings. The van der Waals surface area contributed by atoms with Crippen LogP contribution in [0.1, 0.15) is 24.0 Å². The lowest BCUT2D eigenvalue weighted by molar-refractivity contribution is -0.128. The maximum Gasteiger partial charge on any atom is 0.242 e. The topological polar surface area (TPSA) is 113 Å². The number of anilines is 4. The second kappa shape index (κ2) is 10.5. The van der Waals surface area contributed by atoms with Gasteiger partial charge in [0.2, 0.25) is 18.6 Å². The number of fused-ring (bicyclic) bond motifs is 2. The Morgan fingerprint density at radius 1 is 1.10 bits per heavy atom. The third-order valence-electron chi connectivity index (χ3n) is 7.37. The molecule has 3 aliphatic rings. The number of amides is 1. The second-order valence-electron chi connectivity index (χ2n) is 10.1. The van der Waals surface area contributed by atoms with Gasteiger partial charge in [0.1, 0.15) is 11.6 Å². The Morgan fingerprint density at radius 2 is 1.92 bits per heavy atom. The fraction of sp³-hybridized carbons (Fsp3) is 0.393. The second-order valence-corrected chi connectivity index (χ2v) is 10.1. The number of methoxy groups -OCH3 is 1. The van der Waals surface area contributed by atoms with E-state index in [1.54, 1.807) is 25.3 Å². The van der Waals surface area contributed by atoms with Crippen LogP contribution in [0.5, 0.6) is 17.2 Å². The minimum atomic E-state index is -0.228. The summed E-state index contributed by atoms with van der Waals surface area (Å²) in [5, 5.41) is 13.1. The molecule has 204 valence electrons. The van der Waals surface area contributed by atoms with Crippen LogP contribution in [0.15, 0.2) is 42.6 Å². The van der Waals surface area contributed by atoms with Crippen LogP contribution in [0.3, 0.4) is 0 Å². The Morgan fingerprint density at radius 3 is 2.74 bits per heavy atom. The molecule has 1 amide bonds. The van der Waals surface area contributed by atoms with Gasteiger partial charge in [0, 0.05) is 50.2 Å². The molecule has 2 aromatic carbocycles. The van der Waals surface area contributed by atoms with E-state index < -0.39 is 0 Å². The number of aromatic nitrogens is 2. The minimum Gasteiger partial charge on any atom is -0.494 e. The highest BCUT2D eigenvalue weighted by Gasteiger charge is 2.26. The summed E-state index contributed by atoms with van der Waals surface area (Å²) in [6.07, 6.45) is 3.05. The molecule has 0 bridgehead atoms. The lowest BCUT2D eigenvalue weighted by Crippen LogP contribution is -2.35. The lowest BCUT2D eigenvalue weighted by atomic mass is 10.1. The summed E-state index contributed by atoms with van der Waals surface area (Å²) in [4.78, 5) is 28.2. The highest BCUT2D eigenvalue weighted by Crippen LogP contribution is 2.35. The molecule has 11 nitrogen and oxygen atoms in total. The summed E-state index contributed by atoms with van der Waals surface area (Å²) in [6.45, 7) is 2.91. The third-order valence-corrected chi connectivity index (χ3v) is 7.37. The van der Waals surface area contributed by atoms with Crippen LogP contribution in [-0.4, -0.2) is 72.6 Å². The molecule has 3 aliphatic heterocycles. The maximum atomic E-state index is 12.9. The molecule has 2 N–H and O–H groups in total. The predicted molar refractivity (Wildman–Crippen MR) is 146 cm³/mol. The quantitative estimate of drug-likeness (QED) is 0.491. The Kier molecular flexibility index (Phi) is 6.74. The molecule has 0 aliphatic carbocycles. The predicted octanol–water partition coefficient (Wildman–Crippen LogP) is 2.90. The van der Waals surface area contributed by atoms with Gasteiger partial charge in [0.15, 0.2) is 11.5 Å². The monoisotopic (exact) mass is 532 g/mol. The van der Waals surface area contributed by atoms with E-state index in [-0.39, 0.29) is 25.3 Å². The van der Waals surface area contributed by atoms with E-state index in [1.807, 2.05) is 41.3 Å². The zero-order valence-corrected chi connectivity index (χ0v) is 22.1. The standard InChI is InChI=1S/C28H32N6O5/c1-32-15-19-13-29-28(30-22-5-4-20(12-24(22)37-2)33-9-7-21(35)8-10-33)31-27(19)34(16-26(32)36)14-18-3-6-23-25(11-18)39-17-38-23/h3-6,11-13,21,35H,7-10,14-17H2,1-2H3,(H,29,30,31). The van der Waals surface area contributed by atoms with E-state index in [9.17, 15) is 9.90 Å². The van der Waals surface area contributed by atoms with Gasteiger partial charge in [0.25, 0.3) is 0 Å². The normalized spacial score (nSPS) is 17.2. The highest BCUT2D eigenvalue weighted by atomic mass is 16.7. The Bertz CT molecular complexity index is 1380. The third kappa shape index (κ3) is 5.22. The Balaban J connectivity index is 1.26. The molecule has 6 rings (SSSR count). The van der Waals surface area contributed by atoms with Crippen LogP contribution in [0.25, 0.3) is 0 Å². The van der Waals surface area contributed by atoms with Crippen LogP contribution in [-0.2, 0) is 17.9 Å². The largest absolute Gasteiger partial charge is 0.494 e. The Hall–Kier alpha value is -4.25. The van der Waals surface area contributed by atoms with Crippen molar-refractivity contribution in [3.63, 3.8) is 0 Å². The van der Waals surface area contributed by atoms with Gasteiger partial charge in [-0.05, 0) is 42.7 Å². The van der Waals surface area contributed by atoms with Crippen molar-refractivity contribution in [2.75, 3.05) is 55.7 Å². The first-order valence-electron chi connectivity index (χ1n) is 13.1. The number of ether oxygens (including phenoxy) is 3. The number of aliphatic hydroxyl groups is 1. The molecule has 1 aromatic heterocycles. The SMILES string of the molecule is COc1cc(N2CCC(O)CC2)ccc1Nc1ncc2c(n1)N(Cc1ccc3c(c1)OCO3)CC(=O)N(C)C2. The smallest absolute Gasteiger partial charge is 0.242 e. The van der Waals surface area contributed by atoms with Crippen molar-refractivity contribution < 1.29 is 24.1 Å². The maximum absolute atomic E-state index is 12.9. The van der Waals surface area contributed by atoms with Gasteiger partial charge in [-0.2, -0.15) is 4.98 Å². The van der Waals surface area contributed by atoms with Crippen LogP contribution >= 0.6 is 0 Å². The fourth-order valence-electron chi connectivity index (χ4n) is 5.16. The van der Waals surface area contributed by atoms with E-state index in [2.05, 4.69) is 15.2 Å². The average Bonchev–Trinajstić information content (AvgIpc) is 3.38. The molecule has 0 unspecified atom stereocenters. The van der Waals surface area contributed by atoms with E-state index in [0.717, 1.165) is 54.2 Å². The molecular weight excluding hydrogens is 500 g/mol. The van der Waals surface area contributed by atoms with Crippen molar-refractivity contribution in [1.29, 1.82) is 0 Å². The highest BCUT2D eigenvalue weighted by molar-refractivity contribution is 5.83. The van der Waals surface area contributed by atoms with Gasteiger partial charge in [-0.1, -0.05) is 6.07 Å². The van der Waals surface area contributed by atoms with Crippen LogP contribution in [0, 0.1) is 0 Å². The minimum absolute atomic E-state index is 0.00532. The molecule has 0 spiro atoms. The summed E-state index contributed by atoms with van der Waals surface area (Å²) in [5.74, 6) is 3.21.